The highest BCUT2D eigenvalue weighted by Crippen LogP contribution is 2.31. The lowest BCUT2D eigenvalue weighted by molar-refractivity contribution is 0.102. The molecule has 0 bridgehead atoms. The summed E-state index contributed by atoms with van der Waals surface area (Å²) in [5.74, 6) is -0.358. The van der Waals surface area contributed by atoms with Crippen LogP contribution in [0.25, 0.3) is 22.4 Å². The van der Waals surface area contributed by atoms with Gasteiger partial charge in [0.25, 0.3) is 5.91 Å². The highest BCUT2D eigenvalue weighted by atomic mass is 35.5. The summed E-state index contributed by atoms with van der Waals surface area (Å²) in [5.41, 5.74) is 4.71. The van der Waals surface area contributed by atoms with E-state index in [4.69, 9.17) is 11.6 Å². The molecule has 0 aliphatic carbocycles. The second-order valence-electron chi connectivity index (χ2n) is 9.01. The largest absolute Gasteiger partial charge is 0.322 e. The summed E-state index contributed by atoms with van der Waals surface area (Å²) < 4.78 is 24.7. The van der Waals surface area contributed by atoms with Crippen LogP contribution in [0.15, 0.2) is 90.0 Å². The molecular weight excluding hydrogens is 518 g/mol. The van der Waals surface area contributed by atoms with Crippen molar-refractivity contribution in [2.45, 2.75) is 25.3 Å². The van der Waals surface area contributed by atoms with Gasteiger partial charge in [-0.05, 0) is 84.4 Å². The third kappa shape index (κ3) is 6.48. The second-order valence-corrected chi connectivity index (χ2v) is 11.4. The molecule has 4 rings (SSSR count). The molecule has 0 spiro atoms. The van der Waals surface area contributed by atoms with Crippen LogP contribution < -0.4 is 5.32 Å². The summed E-state index contributed by atoms with van der Waals surface area (Å²) in [5, 5.41) is 3.46. The maximum Gasteiger partial charge on any atom is 0.256 e. The molecule has 196 valence electrons. The van der Waals surface area contributed by atoms with Gasteiger partial charge in [-0.25, -0.2) is 8.42 Å². The Balaban J connectivity index is 1.73. The van der Waals surface area contributed by atoms with Crippen molar-refractivity contribution in [3.8, 4) is 22.4 Å². The van der Waals surface area contributed by atoms with Crippen LogP contribution in [-0.4, -0.2) is 43.6 Å². The Morgan fingerprint density at radius 2 is 1.71 bits per heavy atom. The van der Waals surface area contributed by atoms with Gasteiger partial charge < -0.3 is 5.32 Å². The Bertz CT molecular complexity index is 1550. The number of anilines is 1. The lowest BCUT2D eigenvalue weighted by atomic mass is 9.97. The van der Waals surface area contributed by atoms with Crippen molar-refractivity contribution in [3.63, 3.8) is 0 Å². The Labute approximate surface area is 229 Å². The molecule has 1 N–H and O–H groups in total. The molecule has 3 aromatic carbocycles. The Morgan fingerprint density at radius 3 is 2.39 bits per heavy atom. The predicted octanol–water partition coefficient (Wildman–Crippen LogP) is 6.57. The quantitative estimate of drug-likeness (QED) is 0.256. The van der Waals surface area contributed by atoms with E-state index >= 15 is 0 Å². The molecule has 0 fully saturated rings. The molecule has 38 heavy (non-hydrogen) atoms. The number of amides is 1. The average Bonchev–Trinajstić information content (AvgIpc) is 2.92. The minimum absolute atomic E-state index is 0.155. The van der Waals surface area contributed by atoms with Crippen molar-refractivity contribution < 1.29 is 13.2 Å². The molecule has 0 radical (unpaired) electrons. The van der Waals surface area contributed by atoms with Crippen molar-refractivity contribution >= 4 is 33.0 Å². The average molecular weight is 548 g/mol. The number of sulfone groups is 1. The van der Waals surface area contributed by atoms with E-state index in [1.165, 1.54) is 6.07 Å². The molecule has 4 aromatic rings. The number of nitrogens with zero attached hydrogens (tertiary/aromatic N) is 2. The molecule has 0 unspecified atom stereocenters. The lowest BCUT2D eigenvalue weighted by Gasteiger charge is -2.19. The van der Waals surface area contributed by atoms with Gasteiger partial charge >= 0.3 is 0 Å². The normalized spacial score (nSPS) is 11.5. The first-order chi connectivity index (χ1) is 18.2. The fourth-order valence-electron chi connectivity index (χ4n) is 4.25. The summed E-state index contributed by atoms with van der Waals surface area (Å²) in [6, 6.07) is 23.2. The minimum atomic E-state index is -3.47. The number of nitrogens with one attached hydrogen (secondary N) is 1. The van der Waals surface area contributed by atoms with Crippen molar-refractivity contribution in [3.05, 3.63) is 101 Å². The number of halogens is 1. The summed E-state index contributed by atoms with van der Waals surface area (Å²) >= 11 is 6.41. The van der Waals surface area contributed by atoms with E-state index < -0.39 is 9.84 Å². The Morgan fingerprint density at radius 1 is 0.921 bits per heavy atom. The summed E-state index contributed by atoms with van der Waals surface area (Å²) in [6.45, 7) is 6.82. The smallest absolute Gasteiger partial charge is 0.256 e. The molecule has 6 nitrogen and oxygen atoms in total. The van der Waals surface area contributed by atoms with Gasteiger partial charge in [-0.2, -0.15) is 0 Å². The van der Waals surface area contributed by atoms with Crippen LogP contribution in [0.2, 0.25) is 5.02 Å². The van der Waals surface area contributed by atoms with E-state index in [0.717, 1.165) is 37.0 Å². The van der Waals surface area contributed by atoms with Crippen molar-refractivity contribution in [2.75, 3.05) is 24.7 Å². The molecule has 0 saturated heterocycles. The molecule has 8 heteroatoms. The third-order valence-corrected chi connectivity index (χ3v) is 7.81. The summed E-state index contributed by atoms with van der Waals surface area (Å²) in [4.78, 5) is 20.3. The number of benzene rings is 3. The fourth-order valence-corrected chi connectivity index (χ4v) is 5.11. The van der Waals surface area contributed by atoms with Gasteiger partial charge in [0.15, 0.2) is 9.84 Å². The second kappa shape index (κ2) is 11.9. The third-order valence-electron chi connectivity index (χ3n) is 6.37. The first-order valence-electron chi connectivity index (χ1n) is 12.4. The SMILES string of the molecule is CCN(CC)Cc1cccc(-c2cc(S(C)(=O)=O)ccc2C(=O)Nc2ccc(Cl)c(-c3ccccn3)c2)c1. The summed E-state index contributed by atoms with van der Waals surface area (Å²) in [6.07, 6.45) is 2.84. The van der Waals surface area contributed by atoms with Crippen LogP contribution in [0.1, 0.15) is 29.8 Å². The zero-order valence-electron chi connectivity index (χ0n) is 21.6. The van der Waals surface area contributed by atoms with Gasteiger partial charge in [0.1, 0.15) is 0 Å². The number of aromatic nitrogens is 1. The highest BCUT2D eigenvalue weighted by Gasteiger charge is 2.18. The Hall–Kier alpha value is -3.52. The number of hydrogen-bond acceptors (Lipinski definition) is 5. The molecule has 0 saturated carbocycles. The van der Waals surface area contributed by atoms with Gasteiger partial charge in [-0.15, -0.1) is 0 Å². The van der Waals surface area contributed by atoms with Crippen LogP contribution >= 0.6 is 11.6 Å². The monoisotopic (exact) mass is 547 g/mol. The minimum Gasteiger partial charge on any atom is -0.322 e. The molecule has 0 aliphatic rings. The van der Waals surface area contributed by atoms with Gasteiger partial charge in [-0.3, -0.25) is 14.7 Å². The molecule has 0 atom stereocenters. The van der Waals surface area contributed by atoms with Crippen molar-refractivity contribution in [1.29, 1.82) is 0 Å². The van der Waals surface area contributed by atoms with Gasteiger partial charge in [0.05, 0.1) is 15.6 Å². The van der Waals surface area contributed by atoms with E-state index in [-0.39, 0.29) is 10.8 Å². The van der Waals surface area contributed by atoms with Crippen LogP contribution in [0, 0.1) is 0 Å². The van der Waals surface area contributed by atoms with E-state index in [1.54, 1.807) is 36.5 Å². The zero-order chi connectivity index (χ0) is 27.3. The van der Waals surface area contributed by atoms with Crippen LogP contribution in [-0.2, 0) is 16.4 Å². The maximum atomic E-state index is 13.5. The molecule has 1 heterocycles. The van der Waals surface area contributed by atoms with Crippen LogP contribution in [0.3, 0.4) is 0 Å². The first-order valence-corrected chi connectivity index (χ1v) is 14.6. The van der Waals surface area contributed by atoms with Gasteiger partial charge in [0, 0.05) is 35.8 Å². The fraction of sp³-hybridized carbons (Fsp3) is 0.200. The first kappa shape index (κ1) is 27.5. The van der Waals surface area contributed by atoms with E-state index in [2.05, 4.69) is 29.0 Å². The topological polar surface area (TPSA) is 79.4 Å². The number of pyridine rings is 1. The number of hydrogen-bond donors (Lipinski definition) is 1. The molecular formula is C30H30ClN3O3S. The highest BCUT2D eigenvalue weighted by molar-refractivity contribution is 7.90. The maximum absolute atomic E-state index is 13.5. The lowest BCUT2D eigenvalue weighted by Crippen LogP contribution is -2.22. The number of rotatable bonds is 9. The van der Waals surface area contributed by atoms with Crippen LogP contribution in [0.5, 0.6) is 0 Å². The zero-order valence-corrected chi connectivity index (χ0v) is 23.2. The molecule has 1 aromatic heterocycles. The molecule has 1 amide bonds. The van der Waals surface area contributed by atoms with E-state index in [9.17, 15) is 13.2 Å². The Kier molecular flexibility index (Phi) is 8.62. The van der Waals surface area contributed by atoms with E-state index in [1.807, 2.05) is 42.5 Å². The van der Waals surface area contributed by atoms with Crippen LogP contribution in [0.4, 0.5) is 5.69 Å². The predicted molar refractivity (Wildman–Crippen MR) is 154 cm³/mol. The van der Waals surface area contributed by atoms with Gasteiger partial charge in [-0.1, -0.05) is 49.7 Å². The van der Waals surface area contributed by atoms with Crippen molar-refractivity contribution in [1.82, 2.24) is 9.88 Å². The number of carbonyl (C=O) groups excluding carboxylic acids is 1. The number of carbonyl (C=O) groups is 1. The summed E-state index contributed by atoms with van der Waals surface area (Å²) in [7, 11) is -3.47. The standard InChI is InChI=1S/C30H30ClN3O3S/c1-4-34(5-2)20-21-9-8-10-22(17-21)26-19-24(38(3,36)37)13-14-25(26)30(35)33-23-12-15-28(31)27(18-23)29-11-6-7-16-32-29/h6-19H,4-5,20H2,1-3H3,(H,33,35). The van der Waals surface area contributed by atoms with E-state index in [0.29, 0.717) is 33.1 Å². The molecule has 0 aliphatic heterocycles. The van der Waals surface area contributed by atoms with Gasteiger partial charge in [0.2, 0.25) is 0 Å². The van der Waals surface area contributed by atoms with Crippen molar-refractivity contribution in [2.24, 2.45) is 0 Å².